The van der Waals surface area contributed by atoms with Crippen molar-refractivity contribution in [3.05, 3.63) is 15.9 Å². The van der Waals surface area contributed by atoms with Gasteiger partial charge in [-0.15, -0.1) is 0 Å². The Balaban J connectivity index is 3.28. The van der Waals surface area contributed by atoms with Crippen molar-refractivity contribution in [2.75, 3.05) is 0 Å². The predicted octanol–water partition coefficient (Wildman–Crippen LogP) is 3.25. The van der Waals surface area contributed by atoms with Crippen molar-refractivity contribution >= 4 is 23.2 Å². The van der Waals surface area contributed by atoms with Gasteiger partial charge >= 0.3 is 0 Å². The van der Waals surface area contributed by atoms with E-state index in [4.69, 9.17) is 23.2 Å². The highest BCUT2D eigenvalue weighted by molar-refractivity contribution is 6.41. The lowest BCUT2D eigenvalue weighted by atomic mass is 10.1. The van der Waals surface area contributed by atoms with Gasteiger partial charge in [0.1, 0.15) is 10.2 Å². The molecule has 68 valence electrons. The fraction of sp³-hybridized carbons (Fsp3) is 0.625. The van der Waals surface area contributed by atoms with E-state index in [-0.39, 0.29) is 5.54 Å². The molecule has 0 saturated heterocycles. The SMILES string of the molecule is Cc1nn(C(C)(C)C)c(Cl)c1Cl. The summed E-state index contributed by atoms with van der Waals surface area (Å²) in [5, 5.41) is 5.30. The Morgan fingerprint density at radius 2 is 1.75 bits per heavy atom. The number of nitrogens with zero attached hydrogens (tertiary/aromatic N) is 2. The number of aromatic nitrogens is 2. The molecular weight excluding hydrogens is 195 g/mol. The zero-order valence-electron chi connectivity index (χ0n) is 7.65. The molecule has 0 unspecified atom stereocenters. The fourth-order valence-electron chi connectivity index (χ4n) is 0.925. The smallest absolute Gasteiger partial charge is 0.146 e. The first-order valence-corrected chi connectivity index (χ1v) is 4.50. The Kier molecular flexibility index (Phi) is 2.41. The summed E-state index contributed by atoms with van der Waals surface area (Å²) in [6, 6.07) is 0. The van der Waals surface area contributed by atoms with Crippen LogP contribution < -0.4 is 0 Å². The number of rotatable bonds is 0. The largest absolute Gasteiger partial charge is 0.247 e. The van der Waals surface area contributed by atoms with E-state index in [1.54, 1.807) is 4.68 Å². The molecule has 12 heavy (non-hydrogen) atoms. The van der Waals surface area contributed by atoms with E-state index in [2.05, 4.69) is 5.10 Å². The Morgan fingerprint density at radius 3 is 1.92 bits per heavy atom. The summed E-state index contributed by atoms with van der Waals surface area (Å²) in [7, 11) is 0. The van der Waals surface area contributed by atoms with Crippen LogP contribution in [0.1, 0.15) is 26.5 Å². The van der Waals surface area contributed by atoms with E-state index in [0.29, 0.717) is 10.2 Å². The summed E-state index contributed by atoms with van der Waals surface area (Å²) in [6.45, 7) is 7.93. The minimum absolute atomic E-state index is 0.116. The average molecular weight is 207 g/mol. The van der Waals surface area contributed by atoms with Gasteiger partial charge in [-0.05, 0) is 27.7 Å². The number of halogens is 2. The monoisotopic (exact) mass is 206 g/mol. The maximum atomic E-state index is 5.97. The molecule has 0 N–H and O–H groups in total. The minimum Gasteiger partial charge on any atom is -0.247 e. The average Bonchev–Trinajstić information content (AvgIpc) is 2.15. The lowest BCUT2D eigenvalue weighted by Gasteiger charge is -2.19. The van der Waals surface area contributed by atoms with Crippen molar-refractivity contribution in [2.45, 2.75) is 33.2 Å². The first kappa shape index (κ1) is 9.87. The summed E-state index contributed by atoms with van der Waals surface area (Å²) >= 11 is 11.9. The van der Waals surface area contributed by atoms with Gasteiger partial charge in [0, 0.05) is 0 Å². The lowest BCUT2D eigenvalue weighted by Crippen LogP contribution is -2.23. The van der Waals surface area contributed by atoms with Crippen LogP contribution in [0.15, 0.2) is 0 Å². The van der Waals surface area contributed by atoms with Gasteiger partial charge in [0.05, 0.1) is 11.2 Å². The molecule has 0 atom stereocenters. The highest BCUT2D eigenvalue weighted by atomic mass is 35.5. The molecule has 1 heterocycles. The Morgan fingerprint density at radius 1 is 1.25 bits per heavy atom. The molecule has 0 aromatic carbocycles. The minimum atomic E-state index is -0.116. The van der Waals surface area contributed by atoms with Gasteiger partial charge in [0.2, 0.25) is 0 Å². The van der Waals surface area contributed by atoms with Crippen LogP contribution in [0.25, 0.3) is 0 Å². The second-order valence-electron chi connectivity index (χ2n) is 3.77. The molecule has 0 saturated carbocycles. The summed E-state index contributed by atoms with van der Waals surface area (Å²) in [5.41, 5.74) is 0.659. The highest BCUT2D eigenvalue weighted by Gasteiger charge is 2.20. The topological polar surface area (TPSA) is 17.8 Å². The van der Waals surface area contributed by atoms with E-state index in [1.165, 1.54) is 0 Å². The number of aryl methyl sites for hydroxylation is 1. The van der Waals surface area contributed by atoms with Gasteiger partial charge in [-0.2, -0.15) is 5.10 Å². The zero-order valence-corrected chi connectivity index (χ0v) is 9.16. The molecule has 0 fully saturated rings. The van der Waals surface area contributed by atoms with E-state index in [0.717, 1.165) is 5.69 Å². The standard InChI is InChI=1S/C8H12Cl2N2/c1-5-6(9)7(10)12(11-5)8(2,3)4/h1-4H3. The summed E-state index contributed by atoms with van der Waals surface area (Å²) in [6.07, 6.45) is 0. The van der Waals surface area contributed by atoms with E-state index < -0.39 is 0 Å². The molecule has 0 amide bonds. The third-order valence-corrected chi connectivity index (χ3v) is 2.47. The van der Waals surface area contributed by atoms with Crippen LogP contribution in [0.5, 0.6) is 0 Å². The van der Waals surface area contributed by atoms with Crippen LogP contribution >= 0.6 is 23.2 Å². The number of hydrogen-bond acceptors (Lipinski definition) is 1. The third-order valence-electron chi connectivity index (χ3n) is 1.57. The quantitative estimate of drug-likeness (QED) is 0.638. The van der Waals surface area contributed by atoms with Crippen molar-refractivity contribution in [3.8, 4) is 0 Å². The molecule has 0 aliphatic rings. The molecule has 1 rings (SSSR count). The summed E-state index contributed by atoms with van der Waals surface area (Å²) in [5.74, 6) is 0. The number of hydrogen-bond donors (Lipinski definition) is 0. The van der Waals surface area contributed by atoms with Crippen molar-refractivity contribution < 1.29 is 0 Å². The van der Waals surface area contributed by atoms with E-state index in [9.17, 15) is 0 Å². The second-order valence-corrected chi connectivity index (χ2v) is 4.51. The lowest BCUT2D eigenvalue weighted by molar-refractivity contribution is 0.355. The third kappa shape index (κ3) is 1.59. The Labute approximate surface area is 82.5 Å². The van der Waals surface area contributed by atoms with Gasteiger partial charge in [0.25, 0.3) is 0 Å². The molecule has 1 aromatic heterocycles. The molecule has 1 aromatic rings. The van der Waals surface area contributed by atoms with Crippen LogP contribution in [0.4, 0.5) is 0 Å². The van der Waals surface area contributed by atoms with E-state index >= 15 is 0 Å². The summed E-state index contributed by atoms with van der Waals surface area (Å²) in [4.78, 5) is 0. The molecular formula is C8H12Cl2N2. The van der Waals surface area contributed by atoms with Crippen LogP contribution in [-0.4, -0.2) is 9.78 Å². The predicted molar refractivity (Wildman–Crippen MR) is 52.0 cm³/mol. The Hall–Kier alpha value is -0.210. The van der Waals surface area contributed by atoms with Crippen molar-refractivity contribution in [1.29, 1.82) is 0 Å². The van der Waals surface area contributed by atoms with Crippen LogP contribution in [0.3, 0.4) is 0 Å². The first-order chi connectivity index (χ1) is 5.34. The second kappa shape index (κ2) is 2.93. The van der Waals surface area contributed by atoms with Gasteiger partial charge in [-0.25, -0.2) is 4.68 Å². The molecule has 2 nitrogen and oxygen atoms in total. The van der Waals surface area contributed by atoms with Crippen molar-refractivity contribution in [3.63, 3.8) is 0 Å². The highest BCUT2D eigenvalue weighted by Crippen LogP contribution is 2.29. The van der Waals surface area contributed by atoms with E-state index in [1.807, 2.05) is 27.7 Å². The molecule has 0 aliphatic carbocycles. The fourth-order valence-corrected chi connectivity index (χ4v) is 1.47. The van der Waals surface area contributed by atoms with Crippen molar-refractivity contribution in [1.82, 2.24) is 9.78 Å². The van der Waals surface area contributed by atoms with Gasteiger partial charge < -0.3 is 0 Å². The van der Waals surface area contributed by atoms with Crippen LogP contribution in [-0.2, 0) is 5.54 Å². The van der Waals surface area contributed by atoms with Crippen molar-refractivity contribution in [2.24, 2.45) is 0 Å². The van der Waals surface area contributed by atoms with Crippen LogP contribution in [0, 0.1) is 6.92 Å². The van der Waals surface area contributed by atoms with Gasteiger partial charge in [0.15, 0.2) is 0 Å². The maximum absolute atomic E-state index is 5.97. The zero-order chi connectivity index (χ0) is 9.52. The molecule has 0 radical (unpaired) electrons. The molecule has 0 spiro atoms. The maximum Gasteiger partial charge on any atom is 0.146 e. The van der Waals surface area contributed by atoms with Gasteiger partial charge in [-0.1, -0.05) is 23.2 Å². The molecule has 0 aliphatic heterocycles. The summed E-state index contributed by atoms with van der Waals surface area (Å²) < 4.78 is 1.73. The Bertz CT molecular complexity index is 297. The normalized spacial score (nSPS) is 12.2. The van der Waals surface area contributed by atoms with Crippen LogP contribution in [0.2, 0.25) is 10.2 Å². The first-order valence-electron chi connectivity index (χ1n) is 3.75. The molecule has 4 heteroatoms. The van der Waals surface area contributed by atoms with Gasteiger partial charge in [-0.3, -0.25) is 0 Å². The molecule has 0 bridgehead atoms.